The summed E-state index contributed by atoms with van der Waals surface area (Å²) in [5.74, 6) is 5.49. The van der Waals surface area contributed by atoms with E-state index in [9.17, 15) is 0 Å². The Balaban J connectivity index is 3.46. The van der Waals surface area contributed by atoms with Gasteiger partial charge in [-0.05, 0) is 17.1 Å². The van der Waals surface area contributed by atoms with Gasteiger partial charge in [0.15, 0.2) is 0 Å². The van der Waals surface area contributed by atoms with Gasteiger partial charge < -0.3 is 5.11 Å². The standard InChI is InChI=1S/C7H9IO/c1-2-3-4-7(9)5-6-8/h5-7,9H,4H2,1H3/b6-5+/t7-/m1/s1. The summed E-state index contributed by atoms with van der Waals surface area (Å²) < 4.78 is 1.79. The van der Waals surface area contributed by atoms with Crippen LogP contribution in [0.4, 0.5) is 0 Å². The van der Waals surface area contributed by atoms with Crippen molar-refractivity contribution in [3.8, 4) is 11.8 Å². The van der Waals surface area contributed by atoms with Crippen molar-refractivity contribution in [2.24, 2.45) is 0 Å². The molecule has 9 heavy (non-hydrogen) atoms. The van der Waals surface area contributed by atoms with E-state index in [-0.39, 0.29) is 0 Å². The van der Waals surface area contributed by atoms with Crippen LogP contribution in [0.2, 0.25) is 0 Å². The Bertz CT molecular complexity index is 141. The molecule has 0 aliphatic rings. The van der Waals surface area contributed by atoms with E-state index >= 15 is 0 Å². The highest BCUT2D eigenvalue weighted by atomic mass is 127. The van der Waals surface area contributed by atoms with Gasteiger partial charge in [0.05, 0.1) is 6.10 Å². The second-order valence-corrected chi connectivity index (χ2v) is 2.24. The summed E-state index contributed by atoms with van der Waals surface area (Å²) >= 11 is 2.07. The SMILES string of the molecule is CC#CC[C@@H](O)/C=C/I. The molecule has 1 atom stereocenters. The van der Waals surface area contributed by atoms with Crippen LogP contribution in [0.1, 0.15) is 13.3 Å². The average molecular weight is 236 g/mol. The number of hydrogen-bond acceptors (Lipinski definition) is 1. The topological polar surface area (TPSA) is 20.2 Å². The fourth-order valence-electron chi connectivity index (χ4n) is 0.359. The molecule has 0 saturated heterocycles. The van der Waals surface area contributed by atoms with Crippen LogP contribution in [0, 0.1) is 11.8 Å². The van der Waals surface area contributed by atoms with Crippen molar-refractivity contribution in [2.45, 2.75) is 19.4 Å². The maximum Gasteiger partial charge on any atom is 0.0837 e. The van der Waals surface area contributed by atoms with Gasteiger partial charge in [-0.15, -0.1) is 11.8 Å². The predicted molar refractivity (Wildman–Crippen MR) is 47.2 cm³/mol. The third kappa shape index (κ3) is 5.87. The van der Waals surface area contributed by atoms with E-state index in [1.54, 1.807) is 17.1 Å². The smallest absolute Gasteiger partial charge is 0.0837 e. The quantitative estimate of drug-likeness (QED) is 0.571. The summed E-state index contributed by atoms with van der Waals surface area (Å²) in [6, 6.07) is 0. The van der Waals surface area contributed by atoms with Crippen molar-refractivity contribution in [1.82, 2.24) is 0 Å². The maximum atomic E-state index is 8.99. The van der Waals surface area contributed by atoms with E-state index in [0.29, 0.717) is 6.42 Å². The van der Waals surface area contributed by atoms with Crippen LogP contribution in [0.25, 0.3) is 0 Å². The Morgan fingerprint density at radius 3 is 2.89 bits per heavy atom. The molecule has 0 fully saturated rings. The summed E-state index contributed by atoms with van der Waals surface area (Å²) in [4.78, 5) is 0. The Morgan fingerprint density at radius 2 is 2.44 bits per heavy atom. The average Bonchev–Trinajstić information content (AvgIpc) is 1.85. The van der Waals surface area contributed by atoms with Crippen LogP contribution in [0.3, 0.4) is 0 Å². The van der Waals surface area contributed by atoms with Crippen molar-refractivity contribution in [3.63, 3.8) is 0 Å². The first-order chi connectivity index (χ1) is 4.31. The van der Waals surface area contributed by atoms with E-state index in [4.69, 9.17) is 5.11 Å². The second-order valence-electron chi connectivity index (χ2n) is 1.52. The van der Waals surface area contributed by atoms with E-state index in [0.717, 1.165) is 0 Å². The zero-order valence-electron chi connectivity index (χ0n) is 5.26. The molecule has 0 aromatic rings. The van der Waals surface area contributed by atoms with E-state index in [1.165, 1.54) is 0 Å². The summed E-state index contributed by atoms with van der Waals surface area (Å²) in [7, 11) is 0. The lowest BCUT2D eigenvalue weighted by molar-refractivity contribution is 0.229. The highest BCUT2D eigenvalue weighted by molar-refractivity contribution is 14.1. The molecule has 0 aromatic heterocycles. The molecular formula is C7H9IO. The molecule has 1 nitrogen and oxygen atoms in total. The van der Waals surface area contributed by atoms with E-state index < -0.39 is 6.10 Å². The molecule has 50 valence electrons. The molecule has 1 N–H and O–H groups in total. The molecule has 0 aromatic carbocycles. The van der Waals surface area contributed by atoms with Crippen LogP contribution in [0.5, 0.6) is 0 Å². The largest absolute Gasteiger partial charge is 0.388 e. The maximum absolute atomic E-state index is 8.99. The normalized spacial score (nSPS) is 12.8. The number of halogens is 1. The van der Waals surface area contributed by atoms with Gasteiger partial charge in [0, 0.05) is 6.42 Å². The van der Waals surface area contributed by atoms with Gasteiger partial charge in [-0.1, -0.05) is 22.6 Å². The summed E-state index contributed by atoms with van der Waals surface area (Å²) in [5.41, 5.74) is 0. The molecule has 0 spiro atoms. The van der Waals surface area contributed by atoms with Gasteiger partial charge in [0.25, 0.3) is 0 Å². The van der Waals surface area contributed by atoms with Gasteiger partial charge >= 0.3 is 0 Å². The third-order valence-electron chi connectivity index (χ3n) is 0.783. The first-order valence-corrected chi connectivity index (χ1v) is 3.90. The van der Waals surface area contributed by atoms with Crippen LogP contribution < -0.4 is 0 Å². The lowest BCUT2D eigenvalue weighted by atomic mass is 10.2. The third-order valence-corrected chi connectivity index (χ3v) is 1.20. The molecule has 0 amide bonds. The molecule has 2 heteroatoms. The van der Waals surface area contributed by atoms with Gasteiger partial charge in [0.2, 0.25) is 0 Å². The molecule has 0 aliphatic carbocycles. The summed E-state index contributed by atoms with van der Waals surface area (Å²) in [6.45, 7) is 1.76. The number of aliphatic hydroxyl groups is 1. The highest BCUT2D eigenvalue weighted by Crippen LogP contribution is 1.94. The Hall–Kier alpha value is -0.0100. The number of hydrogen-bond donors (Lipinski definition) is 1. The minimum absolute atomic E-state index is 0.394. The predicted octanol–water partition coefficient (Wildman–Crippen LogP) is 1.71. The van der Waals surface area contributed by atoms with Crippen molar-refractivity contribution >= 4 is 22.6 Å². The van der Waals surface area contributed by atoms with Gasteiger partial charge in [-0.3, -0.25) is 0 Å². The molecule has 0 rings (SSSR count). The lowest BCUT2D eigenvalue weighted by Gasteiger charge is -1.94. The molecule has 0 saturated carbocycles. The summed E-state index contributed by atoms with van der Waals surface area (Å²) in [6.07, 6.45) is 1.86. The minimum Gasteiger partial charge on any atom is -0.388 e. The van der Waals surface area contributed by atoms with Crippen molar-refractivity contribution in [1.29, 1.82) is 0 Å². The molecule has 0 aliphatic heterocycles. The van der Waals surface area contributed by atoms with Crippen molar-refractivity contribution < 1.29 is 5.11 Å². The highest BCUT2D eigenvalue weighted by Gasteiger charge is 1.91. The van der Waals surface area contributed by atoms with Crippen molar-refractivity contribution in [3.05, 3.63) is 10.2 Å². The molecule has 0 bridgehead atoms. The molecule has 0 heterocycles. The van der Waals surface area contributed by atoms with Crippen LogP contribution >= 0.6 is 22.6 Å². The second kappa shape index (κ2) is 6.12. The molecule has 0 unspecified atom stereocenters. The first-order valence-electron chi connectivity index (χ1n) is 2.65. The first kappa shape index (κ1) is 8.99. The Labute approximate surface area is 69.3 Å². The fourth-order valence-corrected chi connectivity index (χ4v) is 0.838. The summed E-state index contributed by atoms with van der Waals surface area (Å²) in [5, 5.41) is 8.99. The Morgan fingerprint density at radius 1 is 1.78 bits per heavy atom. The zero-order chi connectivity index (χ0) is 7.11. The molecular weight excluding hydrogens is 227 g/mol. The fraction of sp³-hybridized carbons (Fsp3) is 0.429. The van der Waals surface area contributed by atoms with Crippen LogP contribution in [-0.4, -0.2) is 11.2 Å². The van der Waals surface area contributed by atoms with Crippen molar-refractivity contribution in [2.75, 3.05) is 0 Å². The van der Waals surface area contributed by atoms with Gasteiger partial charge in [-0.2, -0.15) is 0 Å². The van der Waals surface area contributed by atoms with Crippen LogP contribution in [-0.2, 0) is 0 Å². The van der Waals surface area contributed by atoms with E-state index in [1.807, 2.05) is 0 Å². The Kier molecular flexibility index (Phi) is 6.11. The number of rotatable bonds is 2. The minimum atomic E-state index is -0.394. The zero-order valence-corrected chi connectivity index (χ0v) is 7.42. The van der Waals surface area contributed by atoms with Gasteiger partial charge in [0.1, 0.15) is 0 Å². The number of aliphatic hydroxyl groups excluding tert-OH is 1. The molecule has 0 radical (unpaired) electrons. The van der Waals surface area contributed by atoms with E-state index in [2.05, 4.69) is 34.4 Å². The van der Waals surface area contributed by atoms with Gasteiger partial charge in [-0.25, -0.2) is 0 Å². The monoisotopic (exact) mass is 236 g/mol. The van der Waals surface area contributed by atoms with Crippen LogP contribution in [0.15, 0.2) is 10.2 Å². The lowest BCUT2D eigenvalue weighted by Crippen LogP contribution is -1.98.